The number of nitrogens with zero attached hydrogens (tertiary/aromatic N) is 5. The molecule has 2 rings (SSSR count). The van der Waals surface area contributed by atoms with E-state index in [2.05, 4.69) is 59.6 Å². The summed E-state index contributed by atoms with van der Waals surface area (Å²) in [6, 6.07) is 5.90. The summed E-state index contributed by atoms with van der Waals surface area (Å²) in [6.45, 7) is 9.84. The fourth-order valence-corrected chi connectivity index (χ4v) is 3.07. The monoisotopic (exact) mass is 385 g/mol. The lowest BCUT2D eigenvalue weighted by molar-refractivity contribution is 0.473. The van der Waals surface area contributed by atoms with Crippen LogP contribution in [0.5, 0.6) is 0 Å². The van der Waals surface area contributed by atoms with Gasteiger partial charge in [-0.05, 0) is 37.8 Å². The molecule has 154 valence electrons. The molecule has 0 aliphatic heterocycles. The third-order valence-electron chi connectivity index (χ3n) is 4.41. The largest absolute Gasteiger partial charge is 0.370 e. The van der Waals surface area contributed by atoms with Gasteiger partial charge in [0.15, 0.2) is 5.96 Å². The van der Waals surface area contributed by atoms with Crippen molar-refractivity contribution in [2.45, 2.75) is 46.1 Å². The van der Waals surface area contributed by atoms with Gasteiger partial charge >= 0.3 is 0 Å². The van der Waals surface area contributed by atoms with Gasteiger partial charge in [-0.15, -0.1) is 0 Å². The van der Waals surface area contributed by atoms with E-state index in [1.54, 1.807) is 6.20 Å². The average molecular weight is 386 g/mol. The summed E-state index contributed by atoms with van der Waals surface area (Å²) in [5, 5.41) is 11.3. The molecule has 0 bridgehead atoms. The Balaban J connectivity index is 1.83. The lowest BCUT2D eigenvalue weighted by Crippen LogP contribution is -2.38. The van der Waals surface area contributed by atoms with E-state index in [4.69, 9.17) is 4.99 Å². The second kappa shape index (κ2) is 11.3. The first-order valence-electron chi connectivity index (χ1n) is 10.2. The van der Waals surface area contributed by atoms with E-state index in [9.17, 15) is 0 Å². The maximum Gasteiger partial charge on any atom is 0.193 e. The molecule has 0 amide bonds. The van der Waals surface area contributed by atoms with E-state index < -0.39 is 0 Å². The molecule has 0 aliphatic rings. The minimum Gasteiger partial charge on any atom is -0.370 e. The summed E-state index contributed by atoms with van der Waals surface area (Å²) in [6.07, 6.45) is 6.01. The van der Waals surface area contributed by atoms with Crippen molar-refractivity contribution in [3.8, 4) is 0 Å². The molecule has 7 nitrogen and oxygen atoms in total. The molecule has 2 heterocycles. The van der Waals surface area contributed by atoms with E-state index in [0.717, 1.165) is 56.5 Å². The predicted octanol–water partition coefficient (Wildman–Crippen LogP) is 3.23. The van der Waals surface area contributed by atoms with Crippen LogP contribution in [0.3, 0.4) is 0 Å². The molecule has 0 spiro atoms. The van der Waals surface area contributed by atoms with Gasteiger partial charge in [-0.3, -0.25) is 9.67 Å². The van der Waals surface area contributed by atoms with Crippen LogP contribution in [-0.4, -0.2) is 52.3 Å². The molecule has 2 N–H and O–H groups in total. The minimum atomic E-state index is 0.413. The summed E-state index contributed by atoms with van der Waals surface area (Å²) in [5.74, 6) is 2.28. The summed E-state index contributed by atoms with van der Waals surface area (Å²) >= 11 is 0. The van der Waals surface area contributed by atoms with Gasteiger partial charge in [0.2, 0.25) is 0 Å². The second-order valence-corrected chi connectivity index (χ2v) is 7.31. The molecule has 0 saturated heterocycles. The lowest BCUT2D eigenvalue weighted by Gasteiger charge is -2.22. The molecule has 0 saturated carbocycles. The summed E-state index contributed by atoms with van der Waals surface area (Å²) in [5.41, 5.74) is 2.41. The molecule has 7 heteroatoms. The Bertz CT molecular complexity index is 722. The number of aryl methyl sites for hydroxylation is 1. The number of guanidine groups is 1. The summed E-state index contributed by atoms with van der Waals surface area (Å²) in [7, 11) is 4.06. The molecule has 0 fully saturated rings. The van der Waals surface area contributed by atoms with E-state index in [1.807, 2.05) is 29.9 Å². The molecule has 28 heavy (non-hydrogen) atoms. The fourth-order valence-electron chi connectivity index (χ4n) is 3.07. The Hall–Kier alpha value is -2.57. The maximum atomic E-state index is 4.80. The number of rotatable bonds is 10. The van der Waals surface area contributed by atoms with Crippen molar-refractivity contribution in [2.75, 3.05) is 32.0 Å². The first kappa shape index (κ1) is 21.7. The van der Waals surface area contributed by atoms with Crippen LogP contribution >= 0.6 is 0 Å². The SMILES string of the molecule is CCNC(=NCCCCNc1ccccn1)N(C)Cc1cn(C)nc1C(C)C. The van der Waals surface area contributed by atoms with Crippen molar-refractivity contribution in [2.24, 2.45) is 12.0 Å². The van der Waals surface area contributed by atoms with Crippen LogP contribution in [0.4, 0.5) is 5.82 Å². The Kier molecular flexibility index (Phi) is 8.78. The van der Waals surface area contributed by atoms with Crippen molar-refractivity contribution in [1.82, 2.24) is 25.0 Å². The molecule has 2 aromatic rings. The highest BCUT2D eigenvalue weighted by atomic mass is 15.3. The van der Waals surface area contributed by atoms with Gasteiger partial charge in [0, 0.05) is 58.2 Å². The van der Waals surface area contributed by atoms with Crippen LogP contribution in [0.2, 0.25) is 0 Å². The molecular weight excluding hydrogens is 350 g/mol. The van der Waals surface area contributed by atoms with Gasteiger partial charge in [0.05, 0.1) is 5.69 Å². The maximum absolute atomic E-state index is 4.80. The highest BCUT2D eigenvalue weighted by Gasteiger charge is 2.14. The van der Waals surface area contributed by atoms with Crippen LogP contribution in [0.25, 0.3) is 0 Å². The van der Waals surface area contributed by atoms with Crippen molar-refractivity contribution in [1.29, 1.82) is 0 Å². The fraction of sp³-hybridized carbons (Fsp3) is 0.571. The van der Waals surface area contributed by atoms with Crippen molar-refractivity contribution in [3.05, 3.63) is 41.9 Å². The standard InChI is InChI=1S/C21H35N7/c1-6-22-21(25-14-10-9-13-24-19-11-7-8-12-23-19)27(4)15-18-16-28(5)26-20(18)17(2)3/h7-8,11-12,16-17H,6,9-10,13-15H2,1-5H3,(H,22,25)(H,23,24). The predicted molar refractivity (Wildman–Crippen MR) is 117 cm³/mol. The van der Waals surface area contributed by atoms with Crippen LogP contribution in [-0.2, 0) is 13.6 Å². The molecule has 0 unspecified atom stereocenters. The normalized spacial score (nSPS) is 11.7. The average Bonchev–Trinajstić information content (AvgIpc) is 3.04. The number of aliphatic imine (C=N–C) groups is 1. The highest BCUT2D eigenvalue weighted by molar-refractivity contribution is 5.79. The highest BCUT2D eigenvalue weighted by Crippen LogP contribution is 2.18. The van der Waals surface area contributed by atoms with Crippen molar-refractivity contribution in [3.63, 3.8) is 0 Å². The Morgan fingerprint density at radius 1 is 1.29 bits per heavy atom. The number of pyridine rings is 1. The number of hydrogen-bond donors (Lipinski definition) is 2. The minimum absolute atomic E-state index is 0.413. The molecule has 0 aliphatic carbocycles. The number of hydrogen-bond acceptors (Lipinski definition) is 4. The first-order chi connectivity index (χ1) is 13.5. The zero-order valence-corrected chi connectivity index (χ0v) is 17.9. The smallest absolute Gasteiger partial charge is 0.193 e. The summed E-state index contributed by atoms with van der Waals surface area (Å²) in [4.78, 5) is 11.2. The van der Waals surface area contributed by atoms with Crippen LogP contribution < -0.4 is 10.6 Å². The van der Waals surface area contributed by atoms with E-state index >= 15 is 0 Å². The van der Waals surface area contributed by atoms with Gasteiger partial charge in [-0.25, -0.2) is 4.98 Å². The van der Waals surface area contributed by atoms with Gasteiger partial charge < -0.3 is 15.5 Å². The molecule has 0 atom stereocenters. The molecule has 0 aromatic carbocycles. The zero-order valence-electron chi connectivity index (χ0n) is 17.9. The van der Waals surface area contributed by atoms with Crippen LogP contribution in [0.1, 0.15) is 50.8 Å². The second-order valence-electron chi connectivity index (χ2n) is 7.31. The Morgan fingerprint density at radius 3 is 2.79 bits per heavy atom. The topological polar surface area (TPSA) is 70.4 Å². The number of anilines is 1. The number of aromatic nitrogens is 3. The Morgan fingerprint density at radius 2 is 2.11 bits per heavy atom. The molecular formula is C21H35N7. The van der Waals surface area contributed by atoms with E-state index in [-0.39, 0.29) is 0 Å². The van der Waals surface area contributed by atoms with Crippen LogP contribution in [0, 0.1) is 0 Å². The Labute approximate surface area is 169 Å². The molecule has 0 radical (unpaired) electrons. The quantitative estimate of drug-likeness (QED) is 0.373. The number of nitrogens with one attached hydrogen (secondary N) is 2. The van der Waals surface area contributed by atoms with E-state index in [1.165, 1.54) is 5.56 Å². The van der Waals surface area contributed by atoms with E-state index in [0.29, 0.717) is 5.92 Å². The number of unbranched alkanes of at least 4 members (excludes halogenated alkanes) is 1. The van der Waals surface area contributed by atoms with Gasteiger partial charge in [0.1, 0.15) is 5.82 Å². The first-order valence-corrected chi connectivity index (χ1v) is 10.2. The third kappa shape index (κ3) is 6.87. The van der Waals surface area contributed by atoms with Crippen LogP contribution in [0.15, 0.2) is 35.6 Å². The van der Waals surface area contributed by atoms with Crippen molar-refractivity contribution < 1.29 is 0 Å². The third-order valence-corrected chi connectivity index (χ3v) is 4.41. The lowest BCUT2D eigenvalue weighted by atomic mass is 10.1. The zero-order chi connectivity index (χ0) is 20.4. The van der Waals surface area contributed by atoms with Gasteiger partial charge in [-0.2, -0.15) is 5.10 Å². The van der Waals surface area contributed by atoms with Gasteiger partial charge in [-0.1, -0.05) is 19.9 Å². The summed E-state index contributed by atoms with van der Waals surface area (Å²) < 4.78 is 1.90. The van der Waals surface area contributed by atoms with Gasteiger partial charge in [0.25, 0.3) is 0 Å². The molecule has 2 aromatic heterocycles. The van der Waals surface area contributed by atoms with Crippen molar-refractivity contribution >= 4 is 11.8 Å².